The van der Waals surface area contributed by atoms with E-state index in [4.69, 9.17) is 0 Å². The highest BCUT2D eigenvalue weighted by atomic mass is 32.1. The van der Waals surface area contributed by atoms with E-state index in [1.54, 1.807) is 17.0 Å². The SMILES string of the molecule is Cc1ccc2[nH]c(=O)c3cc(C(=O)N4CCN(c5cccc(C(F)(F)F)c5)CC4)sc3c2c1. The van der Waals surface area contributed by atoms with Gasteiger partial charge in [0.2, 0.25) is 0 Å². The molecular weight excluding hydrogens is 451 g/mol. The first-order chi connectivity index (χ1) is 15.7. The van der Waals surface area contributed by atoms with E-state index in [2.05, 4.69) is 4.98 Å². The van der Waals surface area contributed by atoms with E-state index in [-0.39, 0.29) is 11.5 Å². The molecular formula is C24H20F3N3O2S. The topological polar surface area (TPSA) is 56.4 Å². The van der Waals surface area contributed by atoms with Crippen LogP contribution in [0.2, 0.25) is 0 Å². The molecule has 4 aromatic rings. The average molecular weight is 472 g/mol. The number of rotatable bonds is 2. The normalized spacial score (nSPS) is 14.9. The number of aryl methyl sites for hydroxylation is 1. The Kier molecular flexibility index (Phi) is 5.16. The zero-order valence-corrected chi connectivity index (χ0v) is 18.5. The molecule has 0 aliphatic carbocycles. The predicted octanol–water partition coefficient (Wildman–Crippen LogP) is 5.03. The predicted molar refractivity (Wildman–Crippen MR) is 124 cm³/mol. The standard InChI is InChI=1S/C24H20F3N3O2S/c1-14-5-6-19-17(11-14)21-18(22(31)28-19)13-20(33-21)23(32)30-9-7-29(8-10-30)16-4-2-3-15(12-16)24(25,26)27/h2-6,11-13H,7-10H2,1H3,(H,28,31). The van der Waals surface area contributed by atoms with Crippen LogP contribution in [-0.2, 0) is 6.18 Å². The maximum Gasteiger partial charge on any atom is 0.416 e. The van der Waals surface area contributed by atoms with Gasteiger partial charge in [-0.05, 0) is 43.3 Å². The Morgan fingerprint density at radius 2 is 1.76 bits per heavy atom. The number of nitrogens with one attached hydrogen (secondary N) is 1. The van der Waals surface area contributed by atoms with Crippen LogP contribution in [0.4, 0.5) is 18.9 Å². The number of H-pyrrole nitrogens is 1. The fourth-order valence-electron chi connectivity index (χ4n) is 4.21. The quantitative estimate of drug-likeness (QED) is 0.446. The van der Waals surface area contributed by atoms with Crippen LogP contribution in [0.5, 0.6) is 0 Å². The van der Waals surface area contributed by atoms with Gasteiger partial charge in [0.25, 0.3) is 11.5 Å². The number of aromatic amines is 1. The molecule has 0 bridgehead atoms. The van der Waals surface area contributed by atoms with E-state index >= 15 is 0 Å². The third-order valence-corrected chi connectivity index (χ3v) is 7.12. The molecule has 1 amide bonds. The molecule has 0 saturated carbocycles. The smallest absolute Gasteiger partial charge is 0.368 e. The second-order valence-corrected chi connectivity index (χ2v) is 9.24. The van der Waals surface area contributed by atoms with Gasteiger partial charge < -0.3 is 14.8 Å². The van der Waals surface area contributed by atoms with Gasteiger partial charge in [0, 0.05) is 47.5 Å². The van der Waals surface area contributed by atoms with E-state index in [1.165, 1.54) is 17.4 Å². The molecule has 3 heterocycles. The second kappa shape index (κ2) is 7.91. The molecule has 1 fully saturated rings. The summed E-state index contributed by atoms with van der Waals surface area (Å²) < 4.78 is 39.9. The second-order valence-electron chi connectivity index (χ2n) is 8.18. The molecule has 5 rings (SSSR count). The Morgan fingerprint density at radius 3 is 2.48 bits per heavy atom. The summed E-state index contributed by atoms with van der Waals surface area (Å²) in [7, 11) is 0. The van der Waals surface area contributed by atoms with Crippen LogP contribution in [0.15, 0.2) is 53.3 Å². The molecule has 0 unspecified atom stereocenters. The van der Waals surface area contributed by atoms with Gasteiger partial charge in [-0.25, -0.2) is 0 Å². The molecule has 5 nitrogen and oxygen atoms in total. The highest BCUT2D eigenvalue weighted by Gasteiger charge is 2.31. The molecule has 9 heteroatoms. The van der Waals surface area contributed by atoms with Crippen molar-refractivity contribution in [2.45, 2.75) is 13.1 Å². The fraction of sp³-hybridized carbons (Fsp3) is 0.250. The Morgan fingerprint density at radius 1 is 1.00 bits per heavy atom. The molecule has 33 heavy (non-hydrogen) atoms. The molecule has 0 spiro atoms. The number of aromatic nitrogens is 1. The minimum Gasteiger partial charge on any atom is -0.368 e. The molecule has 2 aromatic heterocycles. The van der Waals surface area contributed by atoms with Crippen molar-refractivity contribution in [3.05, 3.63) is 74.9 Å². The van der Waals surface area contributed by atoms with E-state index in [0.717, 1.165) is 33.3 Å². The number of hydrogen-bond acceptors (Lipinski definition) is 4. The van der Waals surface area contributed by atoms with E-state index in [0.29, 0.717) is 42.1 Å². The third kappa shape index (κ3) is 3.97. The number of fused-ring (bicyclic) bond motifs is 3. The van der Waals surface area contributed by atoms with Crippen molar-refractivity contribution < 1.29 is 18.0 Å². The average Bonchev–Trinajstić information content (AvgIpc) is 3.25. The summed E-state index contributed by atoms with van der Waals surface area (Å²) in [5, 5.41) is 1.40. The number of anilines is 1. The minimum absolute atomic E-state index is 0.167. The number of carbonyl (C=O) groups excluding carboxylic acids is 1. The number of thiophene rings is 1. The number of alkyl halides is 3. The first kappa shape index (κ1) is 21.5. The first-order valence-corrected chi connectivity index (χ1v) is 11.3. The van der Waals surface area contributed by atoms with Crippen molar-refractivity contribution in [2.24, 2.45) is 0 Å². The zero-order chi connectivity index (χ0) is 23.3. The summed E-state index contributed by atoms with van der Waals surface area (Å²) in [6.45, 7) is 3.61. The van der Waals surface area contributed by atoms with Gasteiger partial charge in [-0.15, -0.1) is 11.3 Å². The van der Waals surface area contributed by atoms with Crippen molar-refractivity contribution in [2.75, 3.05) is 31.1 Å². The summed E-state index contributed by atoms with van der Waals surface area (Å²) in [5.74, 6) is -0.167. The van der Waals surface area contributed by atoms with Crippen LogP contribution in [0.1, 0.15) is 20.8 Å². The van der Waals surface area contributed by atoms with Crippen molar-refractivity contribution >= 4 is 43.9 Å². The molecule has 1 aliphatic rings. The monoisotopic (exact) mass is 471 g/mol. The number of hydrogen-bond donors (Lipinski definition) is 1. The van der Waals surface area contributed by atoms with Gasteiger partial charge in [0.05, 0.1) is 15.8 Å². The molecule has 2 aromatic carbocycles. The lowest BCUT2D eigenvalue weighted by atomic mass is 10.1. The van der Waals surface area contributed by atoms with Crippen molar-refractivity contribution in [3.8, 4) is 0 Å². The summed E-state index contributed by atoms with van der Waals surface area (Å²) in [5.41, 5.74) is 1.37. The van der Waals surface area contributed by atoms with Crippen LogP contribution >= 0.6 is 11.3 Å². The molecule has 170 valence electrons. The van der Waals surface area contributed by atoms with E-state index in [1.807, 2.05) is 30.0 Å². The Hall–Kier alpha value is -3.33. The van der Waals surface area contributed by atoms with Crippen molar-refractivity contribution in [1.82, 2.24) is 9.88 Å². The lowest BCUT2D eigenvalue weighted by Crippen LogP contribution is -2.48. The van der Waals surface area contributed by atoms with Gasteiger partial charge in [0.1, 0.15) is 0 Å². The van der Waals surface area contributed by atoms with Crippen LogP contribution < -0.4 is 10.5 Å². The number of halogens is 3. The molecule has 0 atom stereocenters. The van der Waals surface area contributed by atoms with Crippen molar-refractivity contribution in [3.63, 3.8) is 0 Å². The van der Waals surface area contributed by atoms with Crippen molar-refractivity contribution in [1.29, 1.82) is 0 Å². The van der Waals surface area contributed by atoms with E-state index in [9.17, 15) is 22.8 Å². The van der Waals surface area contributed by atoms with Crippen LogP contribution in [0.25, 0.3) is 21.0 Å². The largest absolute Gasteiger partial charge is 0.416 e. The number of piperazine rings is 1. The Balaban J connectivity index is 1.37. The molecule has 1 saturated heterocycles. The van der Waals surface area contributed by atoms with Crippen LogP contribution in [0.3, 0.4) is 0 Å². The summed E-state index contributed by atoms with van der Waals surface area (Å²) in [4.78, 5) is 32.6. The van der Waals surface area contributed by atoms with Gasteiger partial charge in [-0.3, -0.25) is 9.59 Å². The van der Waals surface area contributed by atoms with Gasteiger partial charge >= 0.3 is 6.18 Å². The van der Waals surface area contributed by atoms with Gasteiger partial charge in [0.15, 0.2) is 0 Å². The van der Waals surface area contributed by atoms with Crippen LogP contribution in [-0.4, -0.2) is 42.0 Å². The zero-order valence-electron chi connectivity index (χ0n) is 17.7. The van der Waals surface area contributed by atoms with Gasteiger partial charge in [-0.1, -0.05) is 17.7 Å². The lowest BCUT2D eigenvalue weighted by molar-refractivity contribution is -0.137. The minimum atomic E-state index is -4.39. The number of carbonyl (C=O) groups is 1. The first-order valence-electron chi connectivity index (χ1n) is 10.5. The summed E-state index contributed by atoms with van der Waals surface area (Å²) in [6, 6.07) is 12.7. The highest BCUT2D eigenvalue weighted by molar-refractivity contribution is 7.21. The molecule has 1 aliphatic heterocycles. The van der Waals surface area contributed by atoms with E-state index < -0.39 is 11.7 Å². The third-order valence-electron chi connectivity index (χ3n) is 5.96. The number of amides is 1. The fourth-order valence-corrected chi connectivity index (χ4v) is 5.37. The number of pyridine rings is 1. The molecule has 0 radical (unpaired) electrons. The highest BCUT2D eigenvalue weighted by Crippen LogP contribution is 2.33. The van der Waals surface area contributed by atoms with Gasteiger partial charge in [-0.2, -0.15) is 13.2 Å². The number of benzene rings is 2. The lowest BCUT2D eigenvalue weighted by Gasteiger charge is -2.36. The summed E-state index contributed by atoms with van der Waals surface area (Å²) in [6.07, 6.45) is -4.39. The maximum absolute atomic E-state index is 13.2. The Bertz CT molecular complexity index is 1430. The molecule has 1 N–H and O–H groups in total. The van der Waals surface area contributed by atoms with Crippen LogP contribution in [0, 0.1) is 6.92 Å². The Labute approximate surface area is 191 Å². The number of nitrogens with zero attached hydrogens (tertiary/aromatic N) is 2. The summed E-state index contributed by atoms with van der Waals surface area (Å²) >= 11 is 1.30. The maximum atomic E-state index is 13.2.